The summed E-state index contributed by atoms with van der Waals surface area (Å²) in [6, 6.07) is 0. The zero-order valence-corrected chi connectivity index (χ0v) is 12.0. The van der Waals surface area contributed by atoms with E-state index in [2.05, 4.69) is 16.9 Å². The van der Waals surface area contributed by atoms with Gasteiger partial charge in [-0.1, -0.05) is 17.9 Å². The Bertz CT molecular complexity index is 366. The summed E-state index contributed by atoms with van der Waals surface area (Å²) in [4.78, 5) is 7.50. The van der Waals surface area contributed by atoms with Gasteiger partial charge in [0.1, 0.15) is 0 Å². The Hall–Kier alpha value is -1.27. The molecular weight excluding hydrogens is 250 g/mol. The maximum atomic E-state index is 5.27. The van der Waals surface area contributed by atoms with Crippen molar-refractivity contribution < 1.29 is 9.47 Å². The molecule has 1 N–H and O–H groups in total. The van der Waals surface area contributed by atoms with Gasteiger partial charge >= 0.3 is 0 Å². The average Bonchev–Trinajstić information content (AvgIpc) is 2.77. The molecule has 0 unspecified atom stereocenters. The lowest BCUT2D eigenvalue weighted by Crippen LogP contribution is -2.15. The first-order chi connectivity index (χ1) is 8.69. The van der Waals surface area contributed by atoms with Crippen molar-refractivity contribution in [3.05, 3.63) is 17.7 Å². The van der Waals surface area contributed by atoms with Crippen LogP contribution in [0.2, 0.25) is 0 Å². The zero-order chi connectivity index (χ0) is 13.4. The van der Waals surface area contributed by atoms with Gasteiger partial charge < -0.3 is 19.7 Å². The van der Waals surface area contributed by atoms with Crippen LogP contribution in [-0.4, -0.2) is 39.3 Å². The first-order valence-electron chi connectivity index (χ1n) is 5.83. The van der Waals surface area contributed by atoms with Gasteiger partial charge in [-0.15, -0.1) is 0 Å². The fraction of sp³-hybridized carbons (Fsp3) is 0.583. The third-order valence-electron chi connectivity index (χ3n) is 2.25. The molecule has 6 heteroatoms. The van der Waals surface area contributed by atoms with Gasteiger partial charge in [-0.25, -0.2) is 0 Å². The topological polar surface area (TPSA) is 46.6 Å². The van der Waals surface area contributed by atoms with E-state index in [0.29, 0.717) is 12.5 Å². The summed E-state index contributed by atoms with van der Waals surface area (Å²) < 4.78 is 10.3. The summed E-state index contributed by atoms with van der Waals surface area (Å²) in [5, 5.41) is 4.30. The van der Waals surface area contributed by atoms with Crippen molar-refractivity contribution in [2.24, 2.45) is 0 Å². The smallest absolute Gasteiger partial charge is 0.230 e. The van der Waals surface area contributed by atoms with Gasteiger partial charge in [-0.2, -0.15) is 4.98 Å². The molecule has 1 heterocycles. The Morgan fingerprint density at radius 1 is 1.50 bits per heavy atom. The number of aromatic nitrogens is 1. The monoisotopic (exact) mass is 271 g/mol. The fourth-order valence-electron chi connectivity index (χ4n) is 1.35. The number of nitrogens with one attached hydrogen (secondary N) is 1. The second kappa shape index (κ2) is 7.94. The van der Waals surface area contributed by atoms with Crippen molar-refractivity contribution in [3.63, 3.8) is 0 Å². The highest BCUT2D eigenvalue weighted by molar-refractivity contribution is 7.15. The second-order valence-corrected chi connectivity index (χ2v) is 4.95. The van der Waals surface area contributed by atoms with Gasteiger partial charge in [0.2, 0.25) is 5.88 Å². The van der Waals surface area contributed by atoms with E-state index in [1.807, 2.05) is 19.0 Å². The minimum Gasteiger partial charge on any atom is -0.502 e. The Morgan fingerprint density at radius 2 is 2.28 bits per heavy atom. The van der Waals surface area contributed by atoms with Crippen molar-refractivity contribution >= 4 is 16.5 Å². The fourth-order valence-corrected chi connectivity index (χ4v) is 2.28. The van der Waals surface area contributed by atoms with Gasteiger partial charge in [0.25, 0.3) is 0 Å². The van der Waals surface area contributed by atoms with Gasteiger partial charge in [0.15, 0.2) is 5.13 Å². The number of ether oxygens (including phenoxy) is 2. The second-order valence-electron chi connectivity index (χ2n) is 3.89. The van der Waals surface area contributed by atoms with E-state index in [-0.39, 0.29) is 0 Å². The molecule has 0 saturated heterocycles. The van der Waals surface area contributed by atoms with E-state index < -0.39 is 0 Å². The summed E-state index contributed by atoms with van der Waals surface area (Å²) >= 11 is 1.64. The highest BCUT2D eigenvalue weighted by Crippen LogP contribution is 2.29. The van der Waals surface area contributed by atoms with E-state index in [0.717, 1.165) is 29.5 Å². The summed E-state index contributed by atoms with van der Waals surface area (Å²) in [7, 11) is 5.60. The number of methoxy groups -OCH3 is 1. The van der Waals surface area contributed by atoms with Gasteiger partial charge in [0, 0.05) is 20.6 Å². The lowest BCUT2D eigenvalue weighted by atomic mass is 10.4. The summed E-state index contributed by atoms with van der Waals surface area (Å²) in [5.41, 5.74) is 0. The van der Waals surface area contributed by atoms with Gasteiger partial charge in [0.05, 0.1) is 24.9 Å². The van der Waals surface area contributed by atoms with Crippen LogP contribution in [-0.2, 0) is 11.3 Å². The Labute approximate surface area is 112 Å². The first-order valence-corrected chi connectivity index (χ1v) is 6.65. The molecule has 18 heavy (non-hydrogen) atoms. The molecule has 0 aliphatic carbocycles. The molecule has 0 atom stereocenters. The van der Waals surface area contributed by atoms with Crippen LogP contribution in [0.15, 0.2) is 12.8 Å². The molecule has 0 aliphatic rings. The third-order valence-corrected chi connectivity index (χ3v) is 3.45. The molecule has 0 aromatic carbocycles. The molecule has 1 aromatic heterocycles. The van der Waals surface area contributed by atoms with Gasteiger partial charge in [-0.05, 0) is 13.0 Å². The molecule has 0 aliphatic heterocycles. The summed E-state index contributed by atoms with van der Waals surface area (Å²) in [6.45, 7) is 5.85. The largest absolute Gasteiger partial charge is 0.502 e. The third kappa shape index (κ3) is 4.54. The normalized spacial score (nSPS) is 10.2. The highest BCUT2D eigenvalue weighted by Gasteiger charge is 2.12. The van der Waals surface area contributed by atoms with Crippen LogP contribution >= 0.6 is 11.3 Å². The zero-order valence-electron chi connectivity index (χ0n) is 11.2. The predicted molar refractivity (Wildman–Crippen MR) is 75.5 cm³/mol. The maximum Gasteiger partial charge on any atom is 0.230 e. The van der Waals surface area contributed by atoms with Crippen LogP contribution in [0.1, 0.15) is 11.3 Å². The molecule has 0 radical (unpaired) electrons. The lowest BCUT2D eigenvalue weighted by molar-refractivity contribution is 0.244. The SMILES string of the molecule is C=COCCCNCc1sc(N(C)C)nc1OC. The Balaban J connectivity index is 2.38. The number of hydrogen-bond acceptors (Lipinski definition) is 6. The molecule has 5 nitrogen and oxygen atoms in total. The summed E-state index contributed by atoms with van der Waals surface area (Å²) in [5.74, 6) is 0.707. The van der Waals surface area contributed by atoms with Crippen molar-refractivity contribution in [3.8, 4) is 5.88 Å². The standard InChI is InChI=1S/C12H21N3O2S/c1-5-17-8-6-7-13-9-10-11(16-4)14-12(18-10)15(2)3/h5,13H,1,6-9H2,2-4H3. The van der Waals surface area contributed by atoms with Crippen LogP contribution in [0.5, 0.6) is 5.88 Å². The van der Waals surface area contributed by atoms with Crippen LogP contribution in [0.4, 0.5) is 5.13 Å². The molecule has 102 valence electrons. The number of thiazole rings is 1. The Morgan fingerprint density at radius 3 is 2.89 bits per heavy atom. The van der Waals surface area contributed by atoms with E-state index in [4.69, 9.17) is 9.47 Å². The first kappa shape index (κ1) is 14.8. The molecule has 0 amide bonds. The quantitative estimate of drug-likeness (QED) is 0.549. The van der Waals surface area contributed by atoms with Crippen LogP contribution < -0.4 is 15.0 Å². The molecular formula is C12H21N3O2S. The molecule has 0 spiro atoms. The molecule has 0 bridgehead atoms. The number of hydrogen-bond donors (Lipinski definition) is 1. The van der Waals surface area contributed by atoms with E-state index >= 15 is 0 Å². The van der Waals surface area contributed by atoms with Crippen molar-refractivity contribution in [2.75, 3.05) is 39.3 Å². The highest BCUT2D eigenvalue weighted by atomic mass is 32.1. The molecule has 1 aromatic rings. The average molecular weight is 271 g/mol. The predicted octanol–water partition coefficient (Wildman–Crippen LogP) is 1.86. The number of nitrogens with zero attached hydrogens (tertiary/aromatic N) is 2. The van der Waals surface area contributed by atoms with Crippen LogP contribution in [0.25, 0.3) is 0 Å². The van der Waals surface area contributed by atoms with Gasteiger partial charge in [-0.3, -0.25) is 0 Å². The van der Waals surface area contributed by atoms with E-state index in [9.17, 15) is 0 Å². The summed E-state index contributed by atoms with van der Waals surface area (Å²) in [6.07, 6.45) is 2.42. The maximum absolute atomic E-state index is 5.27. The molecule has 0 fully saturated rings. The Kier molecular flexibility index (Phi) is 6.53. The van der Waals surface area contributed by atoms with Crippen LogP contribution in [0.3, 0.4) is 0 Å². The van der Waals surface area contributed by atoms with Crippen LogP contribution in [0, 0.1) is 0 Å². The molecule has 0 saturated carbocycles. The number of rotatable bonds is 9. The van der Waals surface area contributed by atoms with Crippen molar-refractivity contribution in [1.29, 1.82) is 0 Å². The number of anilines is 1. The van der Waals surface area contributed by atoms with E-state index in [1.165, 1.54) is 6.26 Å². The van der Waals surface area contributed by atoms with Crippen molar-refractivity contribution in [2.45, 2.75) is 13.0 Å². The molecule has 1 rings (SSSR count). The van der Waals surface area contributed by atoms with E-state index in [1.54, 1.807) is 18.4 Å². The van der Waals surface area contributed by atoms with Crippen molar-refractivity contribution in [1.82, 2.24) is 10.3 Å². The minimum absolute atomic E-state index is 0.694. The lowest BCUT2D eigenvalue weighted by Gasteiger charge is -2.05. The minimum atomic E-state index is 0.694.